The monoisotopic (exact) mass is 179 g/mol. The first-order valence-electron chi connectivity index (χ1n) is 4.68. The molecule has 0 saturated carbocycles. The van der Waals surface area contributed by atoms with Gasteiger partial charge in [-0.25, -0.2) is 4.39 Å². The average molecular weight is 179 g/mol. The third-order valence-electron chi connectivity index (χ3n) is 2.85. The Morgan fingerprint density at radius 3 is 2.92 bits per heavy atom. The van der Waals surface area contributed by atoms with E-state index in [4.69, 9.17) is 0 Å². The van der Waals surface area contributed by atoms with Crippen molar-refractivity contribution in [1.29, 1.82) is 0 Å². The zero-order valence-electron chi connectivity index (χ0n) is 8.02. The number of hydrogen-bond acceptors (Lipinski definition) is 1. The van der Waals surface area contributed by atoms with Gasteiger partial charge in [-0.1, -0.05) is 6.07 Å². The van der Waals surface area contributed by atoms with Crippen LogP contribution in [0, 0.1) is 12.7 Å². The molecule has 0 amide bonds. The number of benzene rings is 1. The molecule has 0 spiro atoms. The molecule has 1 unspecified atom stereocenters. The van der Waals surface area contributed by atoms with Crippen LogP contribution in [0.3, 0.4) is 0 Å². The van der Waals surface area contributed by atoms with Crippen molar-refractivity contribution in [3.8, 4) is 0 Å². The van der Waals surface area contributed by atoms with Gasteiger partial charge in [0.25, 0.3) is 0 Å². The first-order valence-corrected chi connectivity index (χ1v) is 4.68. The minimum Gasteiger partial charge on any atom is -0.313 e. The van der Waals surface area contributed by atoms with Crippen molar-refractivity contribution in [2.75, 3.05) is 7.05 Å². The first kappa shape index (κ1) is 8.70. The van der Waals surface area contributed by atoms with Crippen LogP contribution < -0.4 is 5.32 Å². The summed E-state index contributed by atoms with van der Waals surface area (Å²) >= 11 is 0. The van der Waals surface area contributed by atoms with E-state index in [9.17, 15) is 4.39 Å². The van der Waals surface area contributed by atoms with Crippen molar-refractivity contribution >= 4 is 0 Å². The number of rotatable bonds is 1. The normalized spacial score (nSPS) is 20.4. The molecule has 2 heteroatoms. The van der Waals surface area contributed by atoms with Crippen LogP contribution in [0.25, 0.3) is 0 Å². The minimum atomic E-state index is -0.0736. The second kappa shape index (κ2) is 3.11. The Kier molecular flexibility index (Phi) is 2.08. The van der Waals surface area contributed by atoms with Gasteiger partial charge in [-0.2, -0.15) is 0 Å². The van der Waals surface area contributed by atoms with Crippen molar-refractivity contribution in [2.45, 2.75) is 25.8 Å². The lowest BCUT2D eigenvalue weighted by atomic mass is 10.0. The lowest BCUT2D eigenvalue weighted by Gasteiger charge is -2.10. The van der Waals surface area contributed by atoms with Crippen molar-refractivity contribution in [1.82, 2.24) is 5.32 Å². The lowest BCUT2D eigenvalue weighted by molar-refractivity contribution is 0.589. The van der Waals surface area contributed by atoms with Crippen LogP contribution in [-0.4, -0.2) is 7.05 Å². The van der Waals surface area contributed by atoms with Crippen molar-refractivity contribution in [3.05, 3.63) is 34.6 Å². The van der Waals surface area contributed by atoms with Crippen molar-refractivity contribution in [2.24, 2.45) is 0 Å². The molecule has 1 N–H and O–H groups in total. The predicted octanol–water partition coefficient (Wildman–Crippen LogP) is 2.34. The summed E-state index contributed by atoms with van der Waals surface area (Å²) < 4.78 is 13.2. The van der Waals surface area contributed by atoms with Crippen LogP contribution in [-0.2, 0) is 6.42 Å². The molecule has 0 fully saturated rings. The molecular formula is C11H14FN. The largest absolute Gasteiger partial charge is 0.313 e. The van der Waals surface area contributed by atoms with Crippen molar-refractivity contribution < 1.29 is 4.39 Å². The molecule has 0 radical (unpaired) electrons. The van der Waals surface area contributed by atoms with Gasteiger partial charge in [-0.3, -0.25) is 0 Å². The number of aryl methyl sites for hydroxylation is 2. The number of halogens is 1. The van der Waals surface area contributed by atoms with E-state index in [0.29, 0.717) is 6.04 Å². The van der Waals surface area contributed by atoms with Gasteiger partial charge in [0.2, 0.25) is 0 Å². The summed E-state index contributed by atoms with van der Waals surface area (Å²) in [6.07, 6.45) is 2.09. The highest BCUT2D eigenvalue weighted by atomic mass is 19.1. The van der Waals surface area contributed by atoms with E-state index in [0.717, 1.165) is 18.4 Å². The summed E-state index contributed by atoms with van der Waals surface area (Å²) in [7, 11) is 1.96. The smallest absolute Gasteiger partial charge is 0.126 e. The Hall–Kier alpha value is -0.890. The molecule has 1 atom stereocenters. The van der Waals surface area contributed by atoms with Crippen LogP contribution in [0.1, 0.15) is 29.2 Å². The molecule has 1 aromatic carbocycles. The van der Waals surface area contributed by atoms with Crippen LogP contribution in [0.5, 0.6) is 0 Å². The van der Waals surface area contributed by atoms with Gasteiger partial charge in [0.05, 0.1) is 0 Å². The molecule has 0 saturated heterocycles. The Morgan fingerprint density at radius 1 is 1.46 bits per heavy atom. The maximum absolute atomic E-state index is 13.2. The number of fused-ring (bicyclic) bond motifs is 1. The van der Waals surface area contributed by atoms with Gasteiger partial charge in [-0.15, -0.1) is 0 Å². The summed E-state index contributed by atoms with van der Waals surface area (Å²) in [4.78, 5) is 0. The Bertz CT molecular complexity index is 333. The van der Waals surface area contributed by atoms with Gasteiger partial charge >= 0.3 is 0 Å². The highest BCUT2D eigenvalue weighted by Crippen LogP contribution is 2.32. The van der Waals surface area contributed by atoms with E-state index in [1.165, 1.54) is 11.1 Å². The molecule has 0 bridgehead atoms. The van der Waals surface area contributed by atoms with E-state index in [-0.39, 0.29) is 5.82 Å². The third kappa shape index (κ3) is 1.35. The van der Waals surface area contributed by atoms with Gasteiger partial charge in [0.1, 0.15) is 5.82 Å². The van der Waals surface area contributed by atoms with E-state index in [1.54, 1.807) is 6.07 Å². The zero-order valence-corrected chi connectivity index (χ0v) is 8.02. The highest BCUT2D eigenvalue weighted by Gasteiger charge is 2.21. The Balaban J connectivity index is 2.47. The fourth-order valence-corrected chi connectivity index (χ4v) is 2.04. The van der Waals surface area contributed by atoms with Crippen LogP contribution in [0.4, 0.5) is 4.39 Å². The van der Waals surface area contributed by atoms with Crippen LogP contribution >= 0.6 is 0 Å². The standard InChI is InChI=1S/C11H14FN/c1-7-5-9-8(6-10(7)12)3-4-11(9)13-2/h5-6,11,13H,3-4H2,1-2H3. The summed E-state index contributed by atoms with van der Waals surface area (Å²) in [5, 5.41) is 3.24. The number of nitrogens with one attached hydrogen (secondary N) is 1. The Morgan fingerprint density at radius 2 is 2.23 bits per heavy atom. The summed E-state index contributed by atoms with van der Waals surface area (Å²) in [6, 6.07) is 4.08. The minimum absolute atomic E-state index is 0.0736. The SMILES string of the molecule is CNC1CCc2cc(F)c(C)cc21. The maximum Gasteiger partial charge on any atom is 0.126 e. The van der Waals surface area contributed by atoms with E-state index in [2.05, 4.69) is 5.32 Å². The summed E-state index contributed by atoms with van der Waals surface area (Å²) in [6.45, 7) is 1.82. The molecule has 1 aliphatic carbocycles. The van der Waals surface area contributed by atoms with E-state index < -0.39 is 0 Å². The van der Waals surface area contributed by atoms with E-state index >= 15 is 0 Å². The molecular weight excluding hydrogens is 165 g/mol. The summed E-state index contributed by atoms with van der Waals surface area (Å²) in [5.74, 6) is -0.0736. The molecule has 1 aliphatic rings. The first-order chi connectivity index (χ1) is 6.22. The topological polar surface area (TPSA) is 12.0 Å². The second-order valence-electron chi connectivity index (χ2n) is 3.68. The predicted molar refractivity (Wildman–Crippen MR) is 51.3 cm³/mol. The van der Waals surface area contributed by atoms with Crippen molar-refractivity contribution in [3.63, 3.8) is 0 Å². The van der Waals surface area contributed by atoms with Crippen LogP contribution in [0.15, 0.2) is 12.1 Å². The quantitative estimate of drug-likeness (QED) is 0.697. The fraction of sp³-hybridized carbons (Fsp3) is 0.455. The molecule has 0 aliphatic heterocycles. The van der Waals surface area contributed by atoms with Gasteiger partial charge in [0, 0.05) is 6.04 Å². The maximum atomic E-state index is 13.2. The lowest BCUT2D eigenvalue weighted by Crippen LogP contribution is -2.12. The van der Waals surface area contributed by atoms with Crippen LogP contribution in [0.2, 0.25) is 0 Å². The molecule has 1 aromatic rings. The molecule has 70 valence electrons. The zero-order chi connectivity index (χ0) is 9.42. The second-order valence-corrected chi connectivity index (χ2v) is 3.68. The Labute approximate surface area is 78.0 Å². The molecule has 13 heavy (non-hydrogen) atoms. The third-order valence-corrected chi connectivity index (χ3v) is 2.85. The molecule has 0 heterocycles. The average Bonchev–Trinajstić information content (AvgIpc) is 2.48. The molecule has 0 aromatic heterocycles. The highest BCUT2D eigenvalue weighted by molar-refractivity contribution is 5.38. The molecule has 2 rings (SSSR count). The van der Waals surface area contributed by atoms with Gasteiger partial charge < -0.3 is 5.32 Å². The number of hydrogen-bond donors (Lipinski definition) is 1. The van der Waals surface area contributed by atoms with E-state index in [1.807, 2.05) is 20.0 Å². The summed E-state index contributed by atoms with van der Waals surface area (Å²) in [5.41, 5.74) is 3.20. The van der Waals surface area contributed by atoms with Gasteiger partial charge in [0.15, 0.2) is 0 Å². The molecule has 1 nitrogen and oxygen atoms in total. The van der Waals surface area contributed by atoms with Gasteiger partial charge in [-0.05, 0) is 49.6 Å². The fourth-order valence-electron chi connectivity index (χ4n) is 2.04.